The van der Waals surface area contributed by atoms with Gasteiger partial charge in [-0.2, -0.15) is 0 Å². The lowest BCUT2D eigenvalue weighted by Gasteiger charge is -2.24. The molecule has 1 aliphatic rings. The minimum atomic E-state index is -0.939. The van der Waals surface area contributed by atoms with Crippen LogP contribution in [0.5, 0.6) is 17.2 Å². The number of carbonyl (C=O) groups excluding carboxylic acids is 1. The first-order valence-electron chi connectivity index (χ1n) is 7.05. The first-order chi connectivity index (χ1) is 10.6. The minimum absolute atomic E-state index is 0.0960. The molecular formula is C15H19NO6. The van der Waals surface area contributed by atoms with Crippen LogP contribution in [-0.4, -0.2) is 55.3 Å². The van der Waals surface area contributed by atoms with E-state index in [1.807, 2.05) is 0 Å². The van der Waals surface area contributed by atoms with Crippen LogP contribution in [0.1, 0.15) is 23.7 Å². The Labute approximate surface area is 128 Å². The third kappa shape index (κ3) is 3.41. The largest absolute Gasteiger partial charge is 0.493 e. The fraction of sp³-hybridized carbons (Fsp3) is 0.467. The Kier molecular flexibility index (Phi) is 5.08. The molecule has 0 aliphatic carbocycles. The molecule has 0 spiro atoms. The summed E-state index contributed by atoms with van der Waals surface area (Å²) in [5.41, 5.74) is 0.383. The van der Waals surface area contributed by atoms with Gasteiger partial charge >= 0.3 is 5.97 Å². The van der Waals surface area contributed by atoms with E-state index in [1.54, 1.807) is 19.1 Å². The van der Waals surface area contributed by atoms with Crippen molar-refractivity contribution in [3.8, 4) is 17.2 Å². The maximum absolute atomic E-state index is 12.5. The zero-order valence-electron chi connectivity index (χ0n) is 12.6. The van der Waals surface area contributed by atoms with E-state index < -0.39 is 5.97 Å². The van der Waals surface area contributed by atoms with Crippen molar-refractivity contribution in [2.45, 2.75) is 13.3 Å². The molecular weight excluding hydrogens is 290 g/mol. The lowest BCUT2D eigenvalue weighted by atomic mass is 10.1. The number of benzene rings is 1. The summed E-state index contributed by atoms with van der Waals surface area (Å²) in [5.74, 6) is 0.169. The lowest BCUT2D eigenvalue weighted by Crippen LogP contribution is -2.33. The summed E-state index contributed by atoms with van der Waals surface area (Å²) in [6, 6.07) is 3.18. The van der Waals surface area contributed by atoms with Crippen LogP contribution in [0.15, 0.2) is 12.1 Å². The second-order valence-electron chi connectivity index (χ2n) is 4.73. The molecule has 0 fully saturated rings. The maximum atomic E-state index is 12.5. The maximum Gasteiger partial charge on any atom is 0.305 e. The average Bonchev–Trinajstić information content (AvgIpc) is 2.53. The highest BCUT2D eigenvalue weighted by Gasteiger charge is 2.23. The van der Waals surface area contributed by atoms with Crippen LogP contribution in [0.25, 0.3) is 0 Å². The molecule has 120 valence electrons. The summed E-state index contributed by atoms with van der Waals surface area (Å²) in [7, 11) is 1.49. The van der Waals surface area contributed by atoms with Crippen LogP contribution in [0.4, 0.5) is 0 Å². The highest BCUT2D eigenvalue weighted by atomic mass is 16.6. The smallest absolute Gasteiger partial charge is 0.305 e. The van der Waals surface area contributed by atoms with Crippen molar-refractivity contribution >= 4 is 11.9 Å². The number of methoxy groups -OCH3 is 1. The molecule has 1 aromatic rings. The molecule has 0 saturated heterocycles. The SMILES string of the molecule is CCN(CCC(=O)O)C(=O)c1cc(OC)c2c(c1)OCCO2. The van der Waals surface area contributed by atoms with Gasteiger partial charge < -0.3 is 24.2 Å². The van der Waals surface area contributed by atoms with Crippen LogP contribution >= 0.6 is 0 Å². The van der Waals surface area contributed by atoms with Gasteiger partial charge in [-0.25, -0.2) is 0 Å². The molecule has 7 nitrogen and oxygen atoms in total. The predicted molar refractivity (Wildman–Crippen MR) is 77.8 cm³/mol. The number of nitrogens with zero attached hydrogens (tertiary/aromatic N) is 1. The standard InChI is InChI=1S/C15H19NO6/c1-3-16(5-4-13(17)18)15(19)10-8-11(20-2)14-12(9-10)21-6-7-22-14/h8-9H,3-7H2,1-2H3,(H,17,18). The number of fused-ring (bicyclic) bond motifs is 1. The number of carbonyl (C=O) groups is 2. The van der Waals surface area contributed by atoms with E-state index >= 15 is 0 Å². The highest BCUT2D eigenvalue weighted by Crippen LogP contribution is 2.40. The predicted octanol–water partition coefficient (Wildman–Crippen LogP) is 1.40. The van der Waals surface area contributed by atoms with E-state index in [2.05, 4.69) is 0 Å². The van der Waals surface area contributed by atoms with Crippen molar-refractivity contribution in [1.29, 1.82) is 0 Å². The van der Waals surface area contributed by atoms with Gasteiger partial charge in [0.2, 0.25) is 5.75 Å². The number of carboxylic acid groups (broad SMARTS) is 1. The summed E-state index contributed by atoms with van der Waals surface area (Å²) < 4.78 is 16.2. The van der Waals surface area contributed by atoms with Crippen LogP contribution in [0.2, 0.25) is 0 Å². The average molecular weight is 309 g/mol. The Bertz CT molecular complexity index is 554. The third-order valence-corrected chi connectivity index (χ3v) is 3.34. The molecule has 7 heteroatoms. The Hall–Kier alpha value is -2.44. The monoisotopic (exact) mass is 309 g/mol. The van der Waals surface area contributed by atoms with Gasteiger partial charge in [0.25, 0.3) is 5.91 Å². The van der Waals surface area contributed by atoms with E-state index in [1.165, 1.54) is 12.0 Å². The summed E-state index contributed by atoms with van der Waals surface area (Å²) >= 11 is 0. The Morgan fingerprint density at radius 1 is 1.32 bits per heavy atom. The number of hydrogen-bond donors (Lipinski definition) is 1. The Morgan fingerprint density at radius 3 is 2.68 bits per heavy atom. The molecule has 1 aromatic carbocycles. The van der Waals surface area contributed by atoms with Crippen LogP contribution in [-0.2, 0) is 4.79 Å². The molecule has 0 bridgehead atoms. The van der Waals surface area contributed by atoms with Crippen molar-refractivity contribution in [2.75, 3.05) is 33.4 Å². The molecule has 1 amide bonds. The zero-order valence-corrected chi connectivity index (χ0v) is 12.6. The van der Waals surface area contributed by atoms with Crippen molar-refractivity contribution in [3.63, 3.8) is 0 Å². The van der Waals surface area contributed by atoms with Gasteiger partial charge in [-0.15, -0.1) is 0 Å². The highest BCUT2D eigenvalue weighted by molar-refractivity contribution is 5.95. The number of amides is 1. The molecule has 1 heterocycles. The summed E-state index contributed by atoms with van der Waals surface area (Å²) in [4.78, 5) is 24.7. The van der Waals surface area contributed by atoms with Crippen molar-refractivity contribution < 1.29 is 28.9 Å². The van der Waals surface area contributed by atoms with Gasteiger partial charge in [0.1, 0.15) is 13.2 Å². The molecule has 1 N–H and O–H groups in total. The molecule has 0 atom stereocenters. The molecule has 0 saturated carbocycles. The first-order valence-corrected chi connectivity index (χ1v) is 7.05. The molecule has 2 rings (SSSR count). The number of aliphatic carboxylic acids is 1. The first kappa shape index (κ1) is 15.9. The number of ether oxygens (including phenoxy) is 3. The summed E-state index contributed by atoms with van der Waals surface area (Å²) in [5, 5.41) is 8.76. The fourth-order valence-electron chi connectivity index (χ4n) is 2.21. The van der Waals surface area contributed by atoms with E-state index in [0.29, 0.717) is 42.6 Å². The van der Waals surface area contributed by atoms with E-state index in [4.69, 9.17) is 19.3 Å². The second kappa shape index (κ2) is 7.02. The number of carboxylic acids is 1. The Balaban J connectivity index is 2.26. The van der Waals surface area contributed by atoms with Crippen LogP contribution in [0, 0.1) is 0 Å². The van der Waals surface area contributed by atoms with E-state index in [0.717, 1.165) is 0 Å². The van der Waals surface area contributed by atoms with Gasteiger partial charge in [0.15, 0.2) is 11.5 Å². The van der Waals surface area contributed by atoms with Gasteiger partial charge in [-0.3, -0.25) is 9.59 Å². The minimum Gasteiger partial charge on any atom is -0.493 e. The quantitative estimate of drug-likeness (QED) is 0.855. The Morgan fingerprint density at radius 2 is 2.05 bits per heavy atom. The summed E-state index contributed by atoms with van der Waals surface area (Å²) in [6.45, 7) is 3.21. The third-order valence-electron chi connectivity index (χ3n) is 3.34. The number of rotatable bonds is 6. The van der Waals surface area contributed by atoms with E-state index in [-0.39, 0.29) is 18.9 Å². The van der Waals surface area contributed by atoms with Crippen molar-refractivity contribution in [3.05, 3.63) is 17.7 Å². The van der Waals surface area contributed by atoms with Gasteiger partial charge in [0, 0.05) is 18.7 Å². The van der Waals surface area contributed by atoms with Crippen molar-refractivity contribution in [1.82, 2.24) is 4.90 Å². The van der Waals surface area contributed by atoms with Crippen LogP contribution < -0.4 is 14.2 Å². The normalized spacial score (nSPS) is 12.6. The zero-order chi connectivity index (χ0) is 16.1. The van der Waals surface area contributed by atoms with Crippen molar-refractivity contribution in [2.24, 2.45) is 0 Å². The molecule has 0 unspecified atom stereocenters. The molecule has 0 radical (unpaired) electrons. The number of hydrogen-bond acceptors (Lipinski definition) is 5. The van der Waals surface area contributed by atoms with Gasteiger partial charge in [-0.05, 0) is 19.1 Å². The van der Waals surface area contributed by atoms with Gasteiger partial charge in [-0.1, -0.05) is 0 Å². The molecule has 1 aliphatic heterocycles. The van der Waals surface area contributed by atoms with E-state index in [9.17, 15) is 9.59 Å². The fourth-order valence-corrected chi connectivity index (χ4v) is 2.21. The summed E-state index contributed by atoms with van der Waals surface area (Å²) in [6.07, 6.45) is -0.0960. The lowest BCUT2D eigenvalue weighted by molar-refractivity contribution is -0.137. The second-order valence-corrected chi connectivity index (χ2v) is 4.73. The topological polar surface area (TPSA) is 85.3 Å². The molecule has 22 heavy (non-hydrogen) atoms. The van der Waals surface area contributed by atoms with Crippen LogP contribution in [0.3, 0.4) is 0 Å². The van der Waals surface area contributed by atoms with Gasteiger partial charge in [0.05, 0.1) is 13.5 Å². The molecule has 0 aromatic heterocycles.